The van der Waals surface area contributed by atoms with Gasteiger partial charge in [-0.2, -0.15) is 0 Å². The van der Waals surface area contributed by atoms with Gasteiger partial charge < -0.3 is 5.73 Å². The van der Waals surface area contributed by atoms with Crippen LogP contribution in [0.15, 0.2) is 24.3 Å². The van der Waals surface area contributed by atoms with Crippen LogP contribution in [0.2, 0.25) is 0 Å². The third-order valence-corrected chi connectivity index (χ3v) is 5.86. The molecule has 4 saturated carbocycles. The van der Waals surface area contributed by atoms with Gasteiger partial charge in [0.05, 0.1) is 0 Å². The standard InChI is InChI=1S/C17H23N/c18-10-13-3-1-2-4-16(13)17-14-6-11-5-12(8-14)9-15(17)7-11/h1-4,11-12,14-15,17H,5-10,18H2. The van der Waals surface area contributed by atoms with Crippen molar-refractivity contribution in [1.29, 1.82) is 0 Å². The minimum atomic E-state index is 0.707. The van der Waals surface area contributed by atoms with Crippen LogP contribution in [0.25, 0.3) is 0 Å². The van der Waals surface area contributed by atoms with Crippen molar-refractivity contribution in [2.75, 3.05) is 0 Å². The molecule has 4 aliphatic carbocycles. The predicted molar refractivity (Wildman–Crippen MR) is 74.1 cm³/mol. The van der Waals surface area contributed by atoms with Gasteiger partial charge in [0.2, 0.25) is 0 Å². The van der Waals surface area contributed by atoms with Gasteiger partial charge >= 0.3 is 0 Å². The number of hydrogen-bond acceptors (Lipinski definition) is 1. The molecule has 0 spiro atoms. The molecule has 0 heterocycles. The van der Waals surface area contributed by atoms with Gasteiger partial charge in [-0.25, -0.2) is 0 Å². The molecular weight excluding hydrogens is 218 g/mol. The lowest BCUT2D eigenvalue weighted by Gasteiger charge is -2.55. The number of benzene rings is 1. The van der Waals surface area contributed by atoms with E-state index in [4.69, 9.17) is 5.73 Å². The van der Waals surface area contributed by atoms with Crippen molar-refractivity contribution in [3.8, 4) is 0 Å². The molecule has 1 aromatic carbocycles. The Kier molecular flexibility index (Phi) is 2.51. The molecule has 0 saturated heterocycles. The highest BCUT2D eigenvalue weighted by atomic mass is 14.6. The van der Waals surface area contributed by atoms with Crippen LogP contribution in [0.3, 0.4) is 0 Å². The van der Waals surface area contributed by atoms with Crippen LogP contribution in [0.5, 0.6) is 0 Å². The molecule has 0 unspecified atom stereocenters. The molecule has 0 atom stereocenters. The van der Waals surface area contributed by atoms with E-state index in [1.54, 1.807) is 5.56 Å². The number of nitrogens with two attached hydrogens (primary N) is 1. The second kappa shape index (κ2) is 4.09. The molecule has 0 radical (unpaired) electrons. The summed E-state index contributed by atoms with van der Waals surface area (Å²) in [6.45, 7) is 0.707. The van der Waals surface area contributed by atoms with E-state index in [9.17, 15) is 0 Å². The summed E-state index contributed by atoms with van der Waals surface area (Å²) in [7, 11) is 0. The van der Waals surface area contributed by atoms with Crippen LogP contribution < -0.4 is 5.73 Å². The van der Waals surface area contributed by atoms with Crippen molar-refractivity contribution >= 4 is 0 Å². The topological polar surface area (TPSA) is 26.0 Å². The van der Waals surface area contributed by atoms with Gasteiger partial charge in [-0.15, -0.1) is 0 Å². The SMILES string of the molecule is NCc1ccccc1C1C2CC3CC(C2)CC1C3. The van der Waals surface area contributed by atoms with Crippen molar-refractivity contribution < 1.29 is 0 Å². The van der Waals surface area contributed by atoms with Gasteiger partial charge in [0, 0.05) is 6.54 Å². The second-order valence-corrected chi connectivity index (χ2v) is 6.86. The molecule has 4 bridgehead atoms. The van der Waals surface area contributed by atoms with Crippen LogP contribution >= 0.6 is 0 Å². The summed E-state index contributed by atoms with van der Waals surface area (Å²) in [5.41, 5.74) is 8.93. The smallest absolute Gasteiger partial charge is 0.0180 e. The number of hydrogen-bond donors (Lipinski definition) is 1. The van der Waals surface area contributed by atoms with Crippen molar-refractivity contribution in [2.24, 2.45) is 29.4 Å². The fourth-order valence-corrected chi connectivity index (χ4v) is 5.48. The monoisotopic (exact) mass is 241 g/mol. The zero-order valence-electron chi connectivity index (χ0n) is 11.0. The van der Waals surface area contributed by atoms with Gasteiger partial charge in [0.15, 0.2) is 0 Å². The zero-order chi connectivity index (χ0) is 12.1. The predicted octanol–water partition coefficient (Wildman–Crippen LogP) is 3.69. The van der Waals surface area contributed by atoms with Crippen LogP contribution in [0, 0.1) is 23.7 Å². The van der Waals surface area contributed by atoms with E-state index in [0.29, 0.717) is 6.54 Å². The molecule has 0 aromatic heterocycles. The first-order valence-corrected chi connectivity index (χ1v) is 7.63. The lowest BCUT2D eigenvalue weighted by Crippen LogP contribution is -2.44. The maximum absolute atomic E-state index is 5.94. The van der Waals surface area contributed by atoms with Crippen LogP contribution in [-0.4, -0.2) is 0 Å². The first kappa shape index (κ1) is 11.0. The molecule has 1 aromatic rings. The van der Waals surface area contributed by atoms with Gasteiger partial charge in [-0.05, 0) is 72.8 Å². The summed E-state index contributed by atoms with van der Waals surface area (Å²) in [5, 5.41) is 0. The van der Waals surface area contributed by atoms with Crippen LogP contribution in [0.1, 0.15) is 49.1 Å². The Balaban J connectivity index is 1.72. The van der Waals surface area contributed by atoms with E-state index in [0.717, 1.165) is 29.6 Å². The molecule has 96 valence electrons. The summed E-state index contributed by atoms with van der Waals surface area (Å²) < 4.78 is 0. The lowest BCUT2D eigenvalue weighted by atomic mass is 9.50. The molecule has 1 nitrogen and oxygen atoms in total. The molecule has 18 heavy (non-hydrogen) atoms. The van der Waals surface area contributed by atoms with E-state index in [-0.39, 0.29) is 0 Å². The lowest BCUT2D eigenvalue weighted by molar-refractivity contribution is -0.00304. The maximum Gasteiger partial charge on any atom is 0.0180 e. The third kappa shape index (κ3) is 1.56. The fraction of sp³-hybridized carbons (Fsp3) is 0.647. The Hall–Kier alpha value is -0.820. The van der Waals surface area contributed by atoms with E-state index < -0.39 is 0 Å². The Morgan fingerprint density at radius 2 is 1.50 bits per heavy atom. The van der Waals surface area contributed by atoms with E-state index in [1.807, 2.05) is 0 Å². The first-order chi connectivity index (χ1) is 8.85. The molecule has 4 fully saturated rings. The van der Waals surface area contributed by atoms with E-state index in [2.05, 4.69) is 24.3 Å². The van der Waals surface area contributed by atoms with Crippen molar-refractivity contribution in [3.05, 3.63) is 35.4 Å². The quantitative estimate of drug-likeness (QED) is 0.839. The van der Waals surface area contributed by atoms with Gasteiger partial charge in [-0.1, -0.05) is 24.3 Å². The Morgan fingerprint density at radius 1 is 0.889 bits per heavy atom. The van der Waals surface area contributed by atoms with Gasteiger partial charge in [0.25, 0.3) is 0 Å². The minimum absolute atomic E-state index is 0.707. The second-order valence-electron chi connectivity index (χ2n) is 6.86. The first-order valence-electron chi connectivity index (χ1n) is 7.63. The summed E-state index contributed by atoms with van der Waals surface area (Å²) in [4.78, 5) is 0. The summed E-state index contributed by atoms with van der Waals surface area (Å²) in [6.07, 6.45) is 7.53. The minimum Gasteiger partial charge on any atom is -0.326 e. The zero-order valence-corrected chi connectivity index (χ0v) is 11.0. The number of rotatable bonds is 2. The average Bonchev–Trinajstić information content (AvgIpc) is 2.38. The summed E-state index contributed by atoms with van der Waals surface area (Å²) >= 11 is 0. The summed E-state index contributed by atoms with van der Waals surface area (Å²) in [5.74, 6) is 4.89. The van der Waals surface area contributed by atoms with E-state index in [1.165, 1.54) is 37.7 Å². The van der Waals surface area contributed by atoms with Crippen LogP contribution in [-0.2, 0) is 6.54 Å². The average molecular weight is 241 g/mol. The van der Waals surface area contributed by atoms with E-state index >= 15 is 0 Å². The largest absolute Gasteiger partial charge is 0.326 e. The Bertz CT molecular complexity index is 423. The van der Waals surface area contributed by atoms with Crippen molar-refractivity contribution in [2.45, 2.75) is 44.6 Å². The molecule has 0 amide bonds. The molecule has 5 rings (SSSR count). The molecule has 2 N–H and O–H groups in total. The van der Waals surface area contributed by atoms with Gasteiger partial charge in [-0.3, -0.25) is 0 Å². The summed E-state index contributed by atoms with van der Waals surface area (Å²) in [6, 6.07) is 8.94. The highest BCUT2D eigenvalue weighted by molar-refractivity contribution is 5.33. The molecule has 0 aliphatic heterocycles. The molecule has 4 aliphatic rings. The molecule has 1 heteroatoms. The molecular formula is C17H23N. The third-order valence-electron chi connectivity index (χ3n) is 5.86. The van der Waals surface area contributed by atoms with Crippen molar-refractivity contribution in [3.63, 3.8) is 0 Å². The Morgan fingerprint density at radius 3 is 2.11 bits per heavy atom. The highest BCUT2D eigenvalue weighted by Crippen LogP contribution is 2.60. The fourth-order valence-electron chi connectivity index (χ4n) is 5.48. The normalized spacial score (nSPS) is 41.3. The maximum atomic E-state index is 5.94. The van der Waals surface area contributed by atoms with Gasteiger partial charge in [0.1, 0.15) is 0 Å². The highest BCUT2D eigenvalue weighted by Gasteiger charge is 2.48. The Labute approximate surface area is 110 Å². The van der Waals surface area contributed by atoms with Crippen LogP contribution in [0.4, 0.5) is 0 Å². The van der Waals surface area contributed by atoms with Crippen molar-refractivity contribution in [1.82, 2.24) is 0 Å².